The number of amides is 2. The third-order valence-electron chi connectivity index (χ3n) is 3.67. The summed E-state index contributed by atoms with van der Waals surface area (Å²) in [7, 11) is 0. The number of nitrogens with zero attached hydrogens (tertiary/aromatic N) is 1. The van der Waals surface area contributed by atoms with Gasteiger partial charge in [-0.05, 0) is 6.42 Å². The average Bonchev–Trinajstić information content (AvgIpc) is 3.08. The van der Waals surface area contributed by atoms with Gasteiger partial charge in [-0.1, -0.05) is 0 Å². The smallest absolute Gasteiger partial charge is 0.421 e. The molecule has 0 saturated carbocycles. The van der Waals surface area contributed by atoms with Crippen LogP contribution in [0.5, 0.6) is 11.8 Å². The molecule has 0 unspecified atom stereocenters. The van der Waals surface area contributed by atoms with Crippen molar-refractivity contribution in [2.75, 3.05) is 52.8 Å². The lowest BCUT2D eigenvalue weighted by Gasteiger charge is -2.08. The molecule has 0 fully saturated rings. The van der Waals surface area contributed by atoms with Gasteiger partial charge in [0, 0.05) is 31.5 Å². The van der Waals surface area contributed by atoms with E-state index in [4.69, 9.17) is 24.9 Å². The van der Waals surface area contributed by atoms with E-state index >= 15 is 0 Å². The molecule has 1 heterocycles. The summed E-state index contributed by atoms with van der Waals surface area (Å²) in [4.78, 5) is 38.8. The monoisotopic (exact) mass is 462 g/mol. The number of nitrogens with two attached hydrogens (primary N) is 1. The van der Waals surface area contributed by atoms with Gasteiger partial charge < -0.3 is 39.3 Å². The van der Waals surface area contributed by atoms with E-state index in [0.29, 0.717) is 44.3 Å². The lowest BCUT2D eigenvalue weighted by molar-refractivity contribution is -0.145. The fourth-order valence-corrected chi connectivity index (χ4v) is 2.16. The van der Waals surface area contributed by atoms with E-state index in [-0.39, 0.29) is 38.4 Å². The summed E-state index contributed by atoms with van der Waals surface area (Å²) in [6, 6.07) is 2.34. The molecule has 0 bridgehead atoms. The highest BCUT2D eigenvalue weighted by Crippen LogP contribution is 2.18. The quantitative estimate of drug-likeness (QED) is 0.0807. The van der Waals surface area contributed by atoms with Crippen molar-refractivity contribution >= 4 is 18.0 Å². The van der Waals surface area contributed by atoms with E-state index in [2.05, 4.69) is 10.1 Å². The van der Waals surface area contributed by atoms with E-state index in [1.54, 1.807) is 0 Å². The van der Waals surface area contributed by atoms with Gasteiger partial charge in [0.15, 0.2) is 0 Å². The minimum Gasteiger partial charge on any atom is -0.492 e. The fraction of sp³-hybridized carbons (Fsp3) is 0.611. The summed E-state index contributed by atoms with van der Waals surface area (Å²) >= 11 is 0. The van der Waals surface area contributed by atoms with Crippen LogP contribution in [0.25, 0.3) is 0 Å². The molecular weight excluding hydrogens is 432 g/mol. The first kappa shape index (κ1) is 27.0. The first-order valence-corrected chi connectivity index (χ1v) is 9.88. The van der Waals surface area contributed by atoms with Crippen LogP contribution in [0.1, 0.15) is 19.3 Å². The van der Waals surface area contributed by atoms with Gasteiger partial charge >= 0.3 is 12.1 Å². The minimum absolute atomic E-state index is 0.0575. The van der Waals surface area contributed by atoms with E-state index < -0.39 is 23.8 Å². The second-order valence-corrected chi connectivity index (χ2v) is 6.13. The van der Waals surface area contributed by atoms with Crippen LogP contribution < -0.4 is 21.4 Å². The summed E-state index contributed by atoms with van der Waals surface area (Å²) < 4.78 is 21.0. The number of rotatable bonds is 17. The van der Waals surface area contributed by atoms with Gasteiger partial charge in [-0.15, -0.1) is 4.73 Å². The van der Waals surface area contributed by atoms with Gasteiger partial charge in [-0.3, -0.25) is 10.2 Å². The van der Waals surface area contributed by atoms with Crippen molar-refractivity contribution in [1.82, 2.24) is 15.5 Å². The molecule has 0 spiro atoms. The van der Waals surface area contributed by atoms with Gasteiger partial charge in [0.25, 0.3) is 0 Å². The maximum atomic E-state index is 11.7. The highest BCUT2D eigenvalue weighted by Gasteiger charge is 2.12. The Hall–Kier alpha value is -3.07. The van der Waals surface area contributed by atoms with Gasteiger partial charge in [0.2, 0.25) is 17.7 Å². The molecule has 1 rings (SSSR count). The normalized spacial score (nSPS) is 10.5. The first-order chi connectivity index (χ1) is 15.4. The number of aromatic hydroxyl groups is 2. The van der Waals surface area contributed by atoms with Crippen molar-refractivity contribution < 1.29 is 48.4 Å². The molecule has 0 aliphatic rings. The molecule has 0 saturated heterocycles. The molecule has 14 nitrogen and oxygen atoms in total. The summed E-state index contributed by atoms with van der Waals surface area (Å²) in [6.07, 6.45) is -0.423. The van der Waals surface area contributed by atoms with Crippen LogP contribution >= 0.6 is 0 Å². The highest BCUT2D eigenvalue weighted by atomic mass is 16.7. The highest BCUT2D eigenvalue weighted by molar-refractivity contribution is 5.77. The Morgan fingerprint density at radius 1 is 0.875 bits per heavy atom. The maximum Gasteiger partial charge on any atom is 0.421 e. The Labute approximate surface area is 184 Å². The van der Waals surface area contributed by atoms with Gasteiger partial charge in [-0.2, -0.15) is 0 Å². The Balaban J connectivity index is 1.87. The molecular formula is C18H30N4O10. The Bertz CT molecular complexity index is 678. The van der Waals surface area contributed by atoms with Crippen LogP contribution in [0, 0.1) is 0 Å². The van der Waals surface area contributed by atoms with Crippen molar-refractivity contribution in [2.24, 2.45) is 5.84 Å². The van der Waals surface area contributed by atoms with Gasteiger partial charge in [0.1, 0.15) is 6.61 Å². The van der Waals surface area contributed by atoms with Crippen LogP contribution in [0.15, 0.2) is 12.1 Å². The van der Waals surface area contributed by atoms with E-state index in [0.717, 1.165) is 0 Å². The largest absolute Gasteiger partial charge is 0.492 e. The predicted octanol–water partition coefficient (Wildman–Crippen LogP) is -1.21. The number of nitrogens with one attached hydrogen (secondary N) is 2. The first-order valence-electron chi connectivity index (χ1n) is 9.88. The number of ether oxygens (including phenoxy) is 4. The maximum absolute atomic E-state index is 11.7. The van der Waals surface area contributed by atoms with Crippen LogP contribution in [0.4, 0.5) is 4.79 Å². The van der Waals surface area contributed by atoms with Crippen molar-refractivity contribution in [1.29, 1.82) is 0 Å². The molecule has 0 aliphatic carbocycles. The number of aromatic nitrogens is 1. The second-order valence-electron chi connectivity index (χ2n) is 6.13. The average molecular weight is 462 g/mol. The number of hydrogen-bond acceptors (Lipinski definition) is 11. The second kappa shape index (κ2) is 16.6. The fourth-order valence-electron chi connectivity index (χ4n) is 2.16. The zero-order chi connectivity index (χ0) is 23.6. The lowest BCUT2D eigenvalue weighted by Crippen LogP contribution is -2.31. The van der Waals surface area contributed by atoms with Crippen LogP contribution in [-0.2, 0) is 28.5 Å². The Kier molecular flexibility index (Phi) is 14.0. The van der Waals surface area contributed by atoms with Crippen LogP contribution in [-0.4, -0.2) is 85.7 Å². The molecule has 14 heteroatoms. The van der Waals surface area contributed by atoms with Crippen molar-refractivity contribution in [3.8, 4) is 11.8 Å². The number of hydrazine groups is 1. The van der Waals surface area contributed by atoms with Crippen LogP contribution in [0.2, 0.25) is 0 Å². The minimum atomic E-state index is -0.727. The number of carbonyl (C=O) groups is 3. The molecule has 2 amide bonds. The topological polar surface area (TPSA) is 193 Å². The van der Waals surface area contributed by atoms with Gasteiger partial charge in [-0.25, -0.2) is 15.4 Å². The molecule has 0 atom stereocenters. The van der Waals surface area contributed by atoms with E-state index in [1.165, 1.54) is 12.1 Å². The standard InChI is InChI=1S/C18H30N4O10/c19-21-18(27)31-13-12-30-11-10-29-9-8-28-7-6-20-14(23)2-1-3-17(26)32-22-15(24)4-5-16(22)25/h4-5,24-25H,1-3,6-13,19H2,(H,20,23)(H,21,27). The molecule has 0 aromatic carbocycles. The number of hydrogen-bond donors (Lipinski definition) is 5. The Morgan fingerprint density at radius 3 is 2.03 bits per heavy atom. The van der Waals surface area contributed by atoms with Gasteiger partial charge in [0.05, 0.1) is 39.6 Å². The molecule has 182 valence electrons. The molecule has 0 aliphatic heterocycles. The third-order valence-corrected chi connectivity index (χ3v) is 3.67. The molecule has 0 radical (unpaired) electrons. The third kappa shape index (κ3) is 12.6. The SMILES string of the molecule is NNC(=O)OCCOCCOCCOCCNC(=O)CCCC(=O)On1c(O)ccc1O. The summed E-state index contributed by atoms with van der Waals surface area (Å²) in [5, 5.41) is 21.4. The molecule has 6 N–H and O–H groups in total. The predicted molar refractivity (Wildman–Crippen MR) is 107 cm³/mol. The van der Waals surface area contributed by atoms with E-state index in [1.807, 2.05) is 5.43 Å². The van der Waals surface area contributed by atoms with Crippen LogP contribution in [0.3, 0.4) is 0 Å². The van der Waals surface area contributed by atoms with Crippen molar-refractivity contribution in [2.45, 2.75) is 19.3 Å². The summed E-state index contributed by atoms with van der Waals surface area (Å²) in [5.74, 6) is 3.08. The zero-order valence-electron chi connectivity index (χ0n) is 17.6. The number of carbonyl (C=O) groups excluding carboxylic acids is 3. The molecule has 1 aromatic rings. The zero-order valence-corrected chi connectivity index (χ0v) is 17.6. The summed E-state index contributed by atoms with van der Waals surface area (Å²) in [6.45, 7) is 2.34. The molecule has 1 aromatic heterocycles. The van der Waals surface area contributed by atoms with E-state index in [9.17, 15) is 24.6 Å². The van der Waals surface area contributed by atoms with Crippen molar-refractivity contribution in [3.05, 3.63) is 12.1 Å². The molecule has 32 heavy (non-hydrogen) atoms. The Morgan fingerprint density at radius 2 is 1.44 bits per heavy atom. The van der Waals surface area contributed by atoms with Crippen molar-refractivity contribution in [3.63, 3.8) is 0 Å². The summed E-state index contributed by atoms with van der Waals surface area (Å²) in [5.41, 5.74) is 1.82. The lowest BCUT2D eigenvalue weighted by atomic mass is 10.2.